The predicted molar refractivity (Wildman–Crippen MR) is 116 cm³/mol. The Labute approximate surface area is 185 Å². The molecular formula is C24H22F2N2O3S. The van der Waals surface area contributed by atoms with E-state index in [0.717, 1.165) is 28.8 Å². The molecular weight excluding hydrogens is 434 g/mol. The van der Waals surface area contributed by atoms with Crippen LogP contribution >= 0.6 is 0 Å². The smallest absolute Gasteiger partial charge is 0.244 e. The minimum Gasteiger partial charge on any atom is -0.354 e. The number of benzene rings is 3. The molecule has 1 amide bonds. The summed E-state index contributed by atoms with van der Waals surface area (Å²) < 4.78 is 54.2. The molecule has 0 aromatic heterocycles. The van der Waals surface area contributed by atoms with Gasteiger partial charge in [-0.25, -0.2) is 17.2 Å². The first kappa shape index (κ1) is 22.1. The van der Waals surface area contributed by atoms with Crippen LogP contribution in [0.5, 0.6) is 0 Å². The summed E-state index contributed by atoms with van der Waals surface area (Å²) in [4.78, 5) is 13.0. The summed E-state index contributed by atoms with van der Waals surface area (Å²) >= 11 is 0. The Hall–Kier alpha value is -3.10. The predicted octanol–water partition coefficient (Wildman–Crippen LogP) is 3.44. The first-order valence-corrected chi connectivity index (χ1v) is 11.6. The molecule has 1 aliphatic heterocycles. The van der Waals surface area contributed by atoms with Crippen molar-refractivity contribution < 1.29 is 22.0 Å². The number of hydrogen-bond acceptors (Lipinski definition) is 3. The van der Waals surface area contributed by atoms with Gasteiger partial charge in [-0.1, -0.05) is 36.4 Å². The second kappa shape index (κ2) is 9.18. The minimum atomic E-state index is -4.03. The molecule has 8 heteroatoms. The maximum atomic E-state index is 13.3. The molecule has 5 nitrogen and oxygen atoms in total. The van der Waals surface area contributed by atoms with Gasteiger partial charge in [0.05, 0.1) is 4.90 Å². The van der Waals surface area contributed by atoms with E-state index in [4.69, 9.17) is 0 Å². The average molecular weight is 457 g/mol. The van der Waals surface area contributed by atoms with E-state index in [1.54, 1.807) is 12.1 Å². The summed E-state index contributed by atoms with van der Waals surface area (Å²) in [6.45, 7) is 0.332. The van der Waals surface area contributed by atoms with Crippen LogP contribution in [0.3, 0.4) is 0 Å². The molecule has 0 aliphatic carbocycles. The van der Waals surface area contributed by atoms with Gasteiger partial charge in [0.15, 0.2) is 0 Å². The molecule has 3 aromatic carbocycles. The van der Waals surface area contributed by atoms with Crippen LogP contribution in [-0.2, 0) is 34.2 Å². The number of halogens is 2. The van der Waals surface area contributed by atoms with Crippen LogP contribution in [0, 0.1) is 11.6 Å². The van der Waals surface area contributed by atoms with Crippen molar-refractivity contribution in [3.05, 3.63) is 101 Å². The fraction of sp³-hybridized carbons (Fsp3) is 0.208. The summed E-state index contributed by atoms with van der Waals surface area (Å²) in [5.74, 6) is -1.28. The number of amides is 1. The maximum Gasteiger partial charge on any atom is 0.244 e. The Kier molecular flexibility index (Phi) is 6.34. The number of nitrogens with zero attached hydrogens (tertiary/aromatic N) is 1. The van der Waals surface area contributed by atoms with Gasteiger partial charge in [-0.05, 0) is 65.9 Å². The first-order chi connectivity index (χ1) is 15.3. The molecule has 1 aliphatic rings. The third kappa shape index (κ3) is 4.71. The summed E-state index contributed by atoms with van der Waals surface area (Å²) in [5, 5.41) is 2.81. The highest BCUT2D eigenvalue weighted by atomic mass is 32.2. The molecule has 32 heavy (non-hydrogen) atoms. The molecule has 0 unspecified atom stereocenters. The van der Waals surface area contributed by atoms with E-state index in [9.17, 15) is 22.0 Å². The van der Waals surface area contributed by atoms with Crippen molar-refractivity contribution in [3.8, 4) is 0 Å². The van der Waals surface area contributed by atoms with Crippen LogP contribution in [0.1, 0.15) is 16.7 Å². The standard InChI is InChI=1S/C24H22F2N2O3S/c25-20-7-5-17(6-8-20)13-14-27-24(29)23-15-18-3-1-2-4-19(18)16-28(23)32(30,31)22-11-9-21(26)10-12-22/h1-12,23H,13-16H2,(H,27,29)/t23-/m1/s1. The molecule has 1 heterocycles. The highest BCUT2D eigenvalue weighted by molar-refractivity contribution is 7.89. The lowest BCUT2D eigenvalue weighted by atomic mass is 9.95. The number of nitrogens with one attached hydrogen (secondary N) is 1. The lowest BCUT2D eigenvalue weighted by Gasteiger charge is -2.35. The summed E-state index contributed by atoms with van der Waals surface area (Å²) in [7, 11) is -4.03. The fourth-order valence-electron chi connectivity index (χ4n) is 3.82. The minimum absolute atomic E-state index is 0.0476. The van der Waals surface area contributed by atoms with E-state index >= 15 is 0 Å². The Bertz CT molecular complexity index is 1210. The molecule has 0 saturated carbocycles. The summed E-state index contributed by atoms with van der Waals surface area (Å²) in [6, 6.07) is 17.0. The lowest BCUT2D eigenvalue weighted by molar-refractivity contribution is -0.125. The van der Waals surface area contributed by atoms with Gasteiger partial charge in [-0.15, -0.1) is 0 Å². The van der Waals surface area contributed by atoms with Crippen molar-refractivity contribution in [2.75, 3.05) is 6.54 Å². The van der Waals surface area contributed by atoms with E-state index in [1.165, 1.54) is 28.6 Å². The van der Waals surface area contributed by atoms with Crippen LogP contribution < -0.4 is 5.32 Å². The number of rotatable bonds is 6. The van der Waals surface area contributed by atoms with Gasteiger partial charge in [0.2, 0.25) is 15.9 Å². The number of carbonyl (C=O) groups is 1. The Morgan fingerprint density at radius 2 is 1.50 bits per heavy atom. The molecule has 1 atom stereocenters. The number of hydrogen-bond donors (Lipinski definition) is 1. The zero-order chi connectivity index (χ0) is 22.7. The van der Waals surface area contributed by atoms with Gasteiger partial charge in [0.1, 0.15) is 17.7 Å². The zero-order valence-electron chi connectivity index (χ0n) is 17.2. The van der Waals surface area contributed by atoms with Gasteiger partial charge in [-0.3, -0.25) is 4.79 Å². The van der Waals surface area contributed by atoms with Crippen molar-refractivity contribution in [1.29, 1.82) is 0 Å². The van der Waals surface area contributed by atoms with Gasteiger partial charge in [-0.2, -0.15) is 4.31 Å². The zero-order valence-corrected chi connectivity index (χ0v) is 18.0. The summed E-state index contributed by atoms with van der Waals surface area (Å²) in [5.41, 5.74) is 2.60. The molecule has 4 rings (SSSR count). The average Bonchev–Trinajstić information content (AvgIpc) is 2.79. The van der Waals surface area contributed by atoms with Gasteiger partial charge in [0.25, 0.3) is 0 Å². The van der Waals surface area contributed by atoms with Crippen LogP contribution in [0.4, 0.5) is 8.78 Å². The van der Waals surface area contributed by atoms with Crippen molar-refractivity contribution >= 4 is 15.9 Å². The molecule has 0 bridgehead atoms. The van der Waals surface area contributed by atoms with Crippen molar-refractivity contribution in [2.24, 2.45) is 0 Å². The van der Waals surface area contributed by atoms with Crippen LogP contribution in [-0.4, -0.2) is 31.2 Å². The van der Waals surface area contributed by atoms with E-state index in [2.05, 4.69) is 5.32 Å². The van der Waals surface area contributed by atoms with E-state index in [0.29, 0.717) is 6.42 Å². The van der Waals surface area contributed by atoms with Gasteiger partial charge >= 0.3 is 0 Å². The van der Waals surface area contributed by atoms with E-state index in [-0.39, 0.29) is 30.2 Å². The molecule has 166 valence electrons. The van der Waals surface area contributed by atoms with Crippen molar-refractivity contribution in [1.82, 2.24) is 9.62 Å². The van der Waals surface area contributed by atoms with Gasteiger partial charge in [0, 0.05) is 13.1 Å². The van der Waals surface area contributed by atoms with E-state index < -0.39 is 27.8 Å². The third-order valence-electron chi connectivity index (χ3n) is 5.55. The Morgan fingerprint density at radius 3 is 2.16 bits per heavy atom. The monoisotopic (exact) mass is 456 g/mol. The molecule has 0 spiro atoms. The molecule has 1 N–H and O–H groups in total. The third-order valence-corrected chi connectivity index (χ3v) is 7.42. The van der Waals surface area contributed by atoms with Gasteiger partial charge < -0.3 is 5.32 Å². The lowest BCUT2D eigenvalue weighted by Crippen LogP contribution is -2.52. The van der Waals surface area contributed by atoms with Crippen LogP contribution in [0.15, 0.2) is 77.7 Å². The topological polar surface area (TPSA) is 66.5 Å². The molecule has 0 fully saturated rings. The van der Waals surface area contributed by atoms with Crippen molar-refractivity contribution in [2.45, 2.75) is 30.3 Å². The highest BCUT2D eigenvalue weighted by Crippen LogP contribution is 2.29. The summed E-state index contributed by atoms with van der Waals surface area (Å²) in [6.07, 6.45) is 0.721. The number of fused-ring (bicyclic) bond motifs is 1. The Morgan fingerprint density at radius 1 is 0.906 bits per heavy atom. The molecule has 0 radical (unpaired) electrons. The number of sulfonamides is 1. The largest absolute Gasteiger partial charge is 0.354 e. The maximum absolute atomic E-state index is 13.3. The van der Waals surface area contributed by atoms with Crippen LogP contribution in [0.25, 0.3) is 0 Å². The fourth-order valence-corrected chi connectivity index (χ4v) is 5.38. The highest BCUT2D eigenvalue weighted by Gasteiger charge is 2.39. The second-order valence-corrected chi connectivity index (χ2v) is 9.55. The normalized spacial score (nSPS) is 16.4. The molecule has 3 aromatic rings. The van der Waals surface area contributed by atoms with Crippen molar-refractivity contribution in [3.63, 3.8) is 0 Å². The van der Waals surface area contributed by atoms with Crippen LogP contribution in [0.2, 0.25) is 0 Å². The van der Waals surface area contributed by atoms with E-state index in [1.807, 2.05) is 24.3 Å². The Balaban J connectivity index is 1.56. The first-order valence-electron chi connectivity index (χ1n) is 10.2. The number of carbonyl (C=O) groups excluding carboxylic acids is 1. The SMILES string of the molecule is O=C(NCCc1ccc(F)cc1)[C@H]1Cc2ccccc2CN1S(=O)(=O)c1ccc(F)cc1. The second-order valence-electron chi connectivity index (χ2n) is 7.66. The quantitative estimate of drug-likeness (QED) is 0.618. The molecule has 0 saturated heterocycles.